The lowest BCUT2D eigenvalue weighted by Gasteiger charge is -2.26. The second-order valence-corrected chi connectivity index (χ2v) is 5.28. The molecule has 1 fully saturated rings. The summed E-state index contributed by atoms with van der Waals surface area (Å²) in [5.41, 5.74) is 5.85. The molecule has 100 valence electrons. The summed E-state index contributed by atoms with van der Waals surface area (Å²) >= 11 is 0. The van der Waals surface area contributed by atoms with Crippen molar-refractivity contribution >= 4 is 5.91 Å². The van der Waals surface area contributed by atoms with Crippen LogP contribution in [0.1, 0.15) is 32.6 Å². The monoisotopic (exact) mass is 250 g/mol. The van der Waals surface area contributed by atoms with Crippen molar-refractivity contribution in [2.75, 3.05) is 0 Å². The Hall–Kier alpha value is -1.36. The number of carbonyl (C=O) groups is 1. The van der Waals surface area contributed by atoms with E-state index >= 15 is 0 Å². The fraction of sp³-hybridized carbons (Fsp3) is 0.692. The van der Waals surface area contributed by atoms with Crippen molar-refractivity contribution in [3.8, 4) is 0 Å². The first-order valence-electron chi connectivity index (χ1n) is 6.67. The normalized spacial score (nSPS) is 25.7. The molecule has 0 bridgehead atoms. The molecular weight excluding hydrogens is 228 g/mol. The second kappa shape index (κ2) is 6.00. The van der Waals surface area contributed by atoms with Crippen LogP contribution in [0.5, 0.6) is 0 Å². The van der Waals surface area contributed by atoms with E-state index in [0.717, 1.165) is 32.2 Å². The Balaban J connectivity index is 1.76. The van der Waals surface area contributed by atoms with E-state index in [9.17, 15) is 4.79 Å². The van der Waals surface area contributed by atoms with Crippen LogP contribution in [-0.2, 0) is 11.3 Å². The third kappa shape index (κ3) is 3.57. The number of hydrogen-bond acceptors (Lipinski definition) is 3. The van der Waals surface area contributed by atoms with Crippen LogP contribution in [0.15, 0.2) is 18.7 Å². The molecule has 1 amide bonds. The number of aromatic nitrogens is 2. The van der Waals surface area contributed by atoms with E-state index in [1.807, 2.05) is 17.7 Å². The van der Waals surface area contributed by atoms with Crippen molar-refractivity contribution in [3.05, 3.63) is 18.7 Å². The van der Waals surface area contributed by atoms with Crippen molar-refractivity contribution in [3.63, 3.8) is 0 Å². The summed E-state index contributed by atoms with van der Waals surface area (Å²) in [4.78, 5) is 16.1. The lowest BCUT2D eigenvalue weighted by molar-refractivity contribution is -0.126. The van der Waals surface area contributed by atoms with Gasteiger partial charge in [0.25, 0.3) is 0 Å². The highest BCUT2D eigenvalue weighted by molar-refractivity contribution is 5.78. The van der Waals surface area contributed by atoms with Gasteiger partial charge < -0.3 is 15.6 Å². The molecule has 0 radical (unpaired) electrons. The van der Waals surface area contributed by atoms with Gasteiger partial charge in [-0.25, -0.2) is 4.98 Å². The van der Waals surface area contributed by atoms with Crippen LogP contribution < -0.4 is 11.1 Å². The summed E-state index contributed by atoms with van der Waals surface area (Å²) in [6.45, 7) is 2.78. The van der Waals surface area contributed by atoms with Crippen molar-refractivity contribution < 1.29 is 4.79 Å². The van der Waals surface area contributed by atoms with Crippen LogP contribution in [0.25, 0.3) is 0 Å². The third-order valence-electron chi connectivity index (χ3n) is 3.58. The molecule has 1 aromatic heterocycles. The number of rotatable bonds is 4. The highest BCUT2D eigenvalue weighted by Crippen LogP contribution is 2.23. The third-order valence-corrected chi connectivity index (χ3v) is 3.58. The molecule has 2 rings (SSSR count). The van der Waals surface area contributed by atoms with Gasteiger partial charge in [-0.15, -0.1) is 0 Å². The largest absolute Gasteiger partial charge is 0.352 e. The molecule has 5 heteroatoms. The molecule has 0 saturated heterocycles. The van der Waals surface area contributed by atoms with Crippen LogP contribution in [0.2, 0.25) is 0 Å². The summed E-state index contributed by atoms with van der Waals surface area (Å²) in [6.07, 6.45) is 9.19. The summed E-state index contributed by atoms with van der Waals surface area (Å²) in [7, 11) is 0. The molecule has 1 unspecified atom stereocenters. The standard InChI is InChI=1S/C13H22N4O/c1-10(8-17-7-6-15-9-17)16-13(18)11-2-4-12(14)5-3-11/h6-7,9-12H,2-5,8,14H2,1H3,(H,16,18). The highest BCUT2D eigenvalue weighted by Gasteiger charge is 2.25. The molecule has 0 aliphatic heterocycles. The van der Waals surface area contributed by atoms with Crippen molar-refractivity contribution in [1.29, 1.82) is 0 Å². The first kappa shape index (κ1) is 13.1. The molecule has 0 aromatic carbocycles. The molecule has 0 spiro atoms. The van der Waals surface area contributed by atoms with Crippen LogP contribution in [0.3, 0.4) is 0 Å². The Morgan fingerprint density at radius 1 is 1.50 bits per heavy atom. The van der Waals surface area contributed by atoms with Crippen LogP contribution in [0.4, 0.5) is 0 Å². The number of nitrogens with one attached hydrogen (secondary N) is 1. The molecule has 5 nitrogen and oxygen atoms in total. The van der Waals surface area contributed by atoms with Gasteiger partial charge in [-0.05, 0) is 32.6 Å². The average molecular weight is 250 g/mol. The maximum Gasteiger partial charge on any atom is 0.223 e. The van der Waals surface area contributed by atoms with E-state index in [4.69, 9.17) is 5.73 Å². The second-order valence-electron chi connectivity index (χ2n) is 5.28. The van der Waals surface area contributed by atoms with Gasteiger partial charge in [0, 0.05) is 36.9 Å². The Bertz CT molecular complexity index is 368. The molecule has 1 atom stereocenters. The van der Waals surface area contributed by atoms with Crippen molar-refractivity contribution in [2.24, 2.45) is 11.7 Å². The minimum atomic E-state index is 0.127. The fourth-order valence-electron chi connectivity index (χ4n) is 2.50. The van der Waals surface area contributed by atoms with Gasteiger partial charge in [0.2, 0.25) is 5.91 Å². The van der Waals surface area contributed by atoms with E-state index in [1.54, 1.807) is 12.5 Å². The summed E-state index contributed by atoms with van der Waals surface area (Å²) < 4.78 is 1.97. The van der Waals surface area contributed by atoms with E-state index in [0.29, 0.717) is 0 Å². The molecule has 18 heavy (non-hydrogen) atoms. The van der Waals surface area contributed by atoms with Gasteiger partial charge in [0.1, 0.15) is 0 Å². The molecule has 1 heterocycles. The van der Waals surface area contributed by atoms with Crippen LogP contribution >= 0.6 is 0 Å². The molecule has 1 aliphatic rings. The van der Waals surface area contributed by atoms with Gasteiger partial charge in [-0.1, -0.05) is 0 Å². The van der Waals surface area contributed by atoms with E-state index in [-0.39, 0.29) is 23.9 Å². The predicted octanol–water partition coefficient (Wildman–Crippen LogP) is 0.905. The van der Waals surface area contributed by atoms with Gasteiger partial charge >= 0.3 is 0 Å². The van der Waals surface area contributed by atoms with Gasteiger partial charge in [0.05, 0.1) is 6.33 Å². The fourth-order valence-corrected chi connectivity index (χ4v) is 2.50. The van der Waals surface area contributed by atoms with E-state index in [2.05, 4.69) is 10.3 Å². The SMILES string of the molecule is CC(Cn1ccnc1)NC(=O)C1CCC(N)CC1. The topological polar surface area (TPSA) is 72.9 Å². The Morgan fingerprint density at radius 3 is 2.83 bits per heavy atom. The summed E-state index contributed by atoms with van der Waals surface area (Å²) in [6, 6.07) is 0.416. The smallest absolute Gasteiger partial charge is 0.223 e. The predicted molar refractivity (Wildman–Crippen MR) is 69.8 cm³/mol. The number of nitrogens with zero attached hydrogens (tertiary/aromatic N) is 2. The van der Waals surface area contributed by atoms with Crippen molar-refractivity contribution in [1.82, 2.24) is 14.9 Å². The van der Waals surface area contributed by atoms with Crippen LogP contribution in [0, 0.1) is 5.92 Å². The highest BCUT2D eigenvalue weighted by atomic mass is 16.1. The minimum absolute atomic E-state index is 0.127. The zero-order valence-corrected chi connectivity index (χ0v) is 10.9. The minimum Gasteiger partial charge on any atom is -0.352 e. The average Bonchev–Trinajstić information content (AvgIpc) is 2.82. The number of carbonyl (C=O) groups excluding carboxylic acids is 1. The molecule has 1 saturated carbocycles. The molecule has 1 aromatic rings. The number of nitrogens with two attached hydrogens (primary N) is 1. The summed E-state index contributed by atoms with van der Waals surface area (Å²) in [5.74, 6) is 0.324. The van der Waals surface area contributed by atoms with Gasteiger partial charge in [-0.3, -0.25) is 4.79 Å². The first-order valence-corrected chi connectivity index (χ1v) is 6.67. The van der Waals surface area contributed by atoms with E-state index in [1.165, 1.54) is 0 Å². The molecular formula is C13H22N4O. The van der Waals surface area contributed by atoms with Gasteiger partial charge in [-0.2, -0.15) is 0 Å². The Labute approximate surface area is 108 Å². The first-order chi connectivity index (χ1) is 8.65. The van der Waals surface area contributed by atoms with Gasteiger partial charge in [0.15, 0.2) is 0 Å². The molecule has 1 aliphatic carbocycles. The maximum atomic E-state index is 12.1. The molecule has 3 N–H and O–H groups in total. The quantitative estimate of drug-likeness (QED) is 0.834. The lowest BCUT2D eigenvalue weighted by atomic mass is 9.86. The van der Waals surface area contributed by atoms with E-state index < -0.39 is 0 Å². The number of amides is 1. The maximum absolute atomic E-state index is 12.1. The Kier molecular flexibility index (Phi) is 4.36. The lowest BCUT2D eigenvalue weighted by Crippen LogP contribution is -2.41. The number of imidazole rings is 1. The Morgan fingerprint density at radius 2 is 2.22 bits per heavy atom. The zero-order valence-electron chi connectivity index (χ0n) is 10.9. The zero-order chi connectivity index (χ0) is 13.0. The summed E-state index contributed by atoms with van der Waals surface area (Å²) in [5, 5.41) is 3.07. The number of hydrogen-bond donors (Lipinski definition) is 2. The van der Waals surface area contributed by atoms with Crippen LogP contribution in [-0.4, -0.2) is 27.5 Å². The van der Waals surface area contributed by atoms with Crippen molar-refractivity contribution in [2.45, 2.75) is 51.2 Å².